The number of hydrogen-bond donors (Lipinski definition) is 2. The van der Waals surface area contributed by atoms with Crippen molar-refractivity contribution in [3.8, 4) is 12.3 Å². The molecule has 1 heterocycles. The Bertz CT molecular complexity index is 314. The van der Waals surface area contributed by atoms with Gasteiger partial charge in [0.05, 0.1) is 0 Å². The Labute approximate surface area is 101 Å². The van der Waals surface area contributed by atoms with Gasteiger partial charge in [-0.3, -0.25) is 4.79 Å². The second-order valence-electron chi connectivity index (χ2n) is 4.21. The zero-order chi connectivity index (χ0) is 12.7. The molecular weight excluding hydrogens is 220 g/mol. The molecule has 0 aromatic heterocycles. The number of nitrogens with one attached hydrogen (secondary N) is 1. The van der Waals surface area contributed by atoms with Crippen molar-refractivity contribution in [3.05, 3.63) is 0 Å². The maximum Gasteiger partial charge on any atom is 0.317 e. The van der Waals surface area contributed by atoms with E-state index in [-0.39, 0.29) is 18.4 Å². The maximum atomic E-state index is 11.6. The van der Waals surface area contributed by atoms with Gasteiger partial charge in [0.15, 0.2) is 0 Å². The van der Waals surface area contributed by atoms with Gasteiger partial charge in [-0.15, -0.1) is 12.3 Å². The van der Waals surface area contributed by atoms with Gasteiger partial charge in [0.25, 0.3) is 0 Å². The topological polar surface area (TPSA) is 69.6 Å². The number of carboxylic acid groups (broad SMARTS) is 1. The smallest absolute Gasteiger partial charge is 0.317 e. The zero-order valence-electron chi connectivity index (χ0n) is 9.82. The van der Waals surface area contributed by atoms with Crippen LogP contribution >= 0.6 is 0 Å². The Morgan fingerprint density at radius 2 is 2.06 bits per heavy atom. The van der Waals surface area contributed by atoms with Gasteiger partial charge in [-0.2, -0.15) is 0 Å². The highest BCUT2D eigenvalue weighted by molar-refractivity contribution is 5.74. The van der Waals surface area contributed by atoms with Gasteiger partial charge >= 0.3 is 12.0 Å². The van der Waals surface area contributed by atoms with Crippen LogP contribution < -0.4 is 5.32 Å². The minimum absolute atomic E-state index is 0.103. The molecule has 1 fully saturated rings. The van der Waals surface area contributed by atoms with E-state index in [1.54, 1.807) is 4.90 Å². The maximum absolute atomic E-state index is 11.6. The van der Waals surface area contributed by atoms with Crippen LogP contribution in [-0.4, -0.2) is 41.6 Å². The van der Waals surface area contributed by atoms with Crippen molar-refractivity contribution in [2.75, 3.05) is 19.6 Å². The van der Waals surface area contributed by atoms with Crippen LogP contribution in [0.2, 0.25) is 0 Å². The van der Waals surface area contributed by atoms with Gasteiger partial charge in [-0.05, 0) is 18.8 Å². The van der Waals surface area contributed by atoms with Gasteiger partial charge in [-0.1, -0.05) is 0 Å². The summed E-state index contributed by atoms with van der Waals surface area (Å²) in [7, 11) is 0. The predicted molar refractivity (Wildman–Crippen MR) is 63.4 cm³/mol. The van der Waals surface area contributed by atoms with E-state index in [0.29, 0.717) is 26.1 Å². The number of carboxylic acids is 1. The molecule has 1 rings (SSSR count). The summed E-state index contributed by atoms with van der Waals surface area (Å²) in [5, 5.41) is 11.4. The molecule has 1 aliphatic rings. The lowest BCUT2D eigenvalue weighted by molar-refractivity contribution is -0.138. The van der Waals surface area contributed by atoms with Gasteiger partial charge in [-0.25, -0.2) is 4.79 Å². The largest absolute Gasteiger partial charge is 0.481 e. The van der Waals surface area contributed by atoms with Gasteiger partial charge in [0.2, 0.25) is 0 Å². The predicted octanol–water partition coefficient (Wildman–Crippen LogP) is 0.906. The van der Waals surface area contributed by atoms with E-state index in [2.05, 4.69) is 11.2 Å². The summed E-state index contributed by atoms with van der Waals surface area (Å²) < 4.78 is 0. The third kappa shape index (κ3) is 4.77. The van der Waals surface area contributed by atoms with E-state index in [9.17, 15) is 9.59 Å². The number of rotatable bonds is 4. The summed E-state index contributed by atoms with van der Waals surface area (Å²) in [6, 6.07) is -0.103. The van der Waals surface area contributed by atoms with Crippen molar-refractivity contribution in [1.29, 1.82) is 0 Å². The molecule has 1 aliphatic heterocycles. The van der Waals surface area contributed by atoms with E-state index in [1.807, 2.05) is 0 Å². The number of hydrogen-bond acceptors (Lipinski definition) is 2. The van der Waals surface area contributed by atoms with Crippen LogP contribution in [0.4, 0.5) is 4.79 Å². The molecule has 0 unspecified atom stereocenters. The first kappa shape index (κ1) is 13.4. The molecule has 0 aromatic carbocycles. The van der Waals surface area contributed by atoms with Gasteiger partial charge in [0.1, 0.15) is 0 Å². The first-order valence-electron chi connectivity index (χ1n) is 5.81. The van der Waals surface area contributed by atoms with Crippen LogP contribution in [0.15, 0.2) is 0 Å². The number of carbonyl (C=O) groups excluding carboxylic acids is 1. The number of aliphatic carboxylic acids is 1. The summed E-state index contributed by atoms with van der Waals surface area (Å²) in [6.07, 6.45) is 7.33. The lowest BCUT2D eigenvalue weighted by atomic mass is 9.94. The van der Waals surface area contributed by atoms with Crippen LogP contribution in [0.5, 0.6) is 0 Å². The summed E-state index contributed by atoms with van der Waals surface area (Å²) >= 11 is 0. The average molecular weight is 238 g/mol. The number of likely N-dealkylation sites (tertiary alicyclic amines) is 1. The Balaban J connectivity index is 2.24. The van der Waals surface area contributed by atoms with Crippen molar-refractivity contribution in [2.45, 2.75) is 25.7 Å². The SMILES string of the molecule is C#CCCNC(=O)N1CCC(CC(=O)O)CC1. The normalized spacial score (nSPS) is 16.3. The molecule has 2 N–H and O–H groups in total. The quantitative estimate of drug-likeness (QED) is 0.565. The first-order valence-corrected chi connectivity index (χ1v) is 5.81. The molecule has 17 heavy (non-hydrogen) atoms. The highest BCUT2D eigenvalue weighted by atomic mass is 16.4. The fourth-order valence-corrected chi connectivity index (χ4v) is 1.94. The second-order valence-corrected chi connectivity index (χ2v) is 4.21. The zero-order valence-corrected chi connectivity index (χ0v) is 9.82. The molecule has 2 amide bonds. The minimum atomic E-state index is -0.762. The summed E-state index contributed by atoms with van der Waals surface area (Å²) in [4.78, 5) is 23.9. The Kier molecular flexibility index (Phi) is 5.34. The lowest BCUT2D eigenvalue weighted by Crippen LogP contribution is -2.44. The van der Waals surface area contributed by atoms with Crippen molar-refractivity contribution < 1.29 is 14.7 Å². The standard InChI is InChI=1S/C12H18N2O3/c1-2-3-6-13-12(17)14-7-4-10(5-8-14)9-11(15)16/h1,10H,3-9H2,(H,13,17)(H,15,16). The molecule has 5 nitrogen and oxygen atoms in total. The van der Waals surface area contributed by atoms with Crippen LogP contribution in [0.1, 0.15) is 25.7 Å². The van der Waals surface area contributed by atoms with E-state index in [1.165, 1.54) is 0 Å². The molecular formula is C12H18N2O3. The molecule has 1 saturated heterocycles. The average Bonchev–Trinajstić information content (AvgIpc) is 2.29. The van der Waals surface area contributed by atoms with E-state index in [4.69, 9.17) is 11.5 Å². The molecule has 94 valence electrons. The minimum Gasteiger partial charge on any atom is -0.481 e. The van der Waals surface area contributed by atoms with Crippen molar-refractivity contribution in [3.63, 3.8) is 0 Å². The summed E-state index contributed by atoms with van der Waals surface area (Å²) in [5.74, 6) is 1.89. The first-order chi connectivity index (χ1) is 8.13. The Hall–Kier alpha value is -1.70. The molecule has 0 saturated carbocycles. The van der Waals surface area contributed by atoms with Crippen LogP contribution in [0.3, 0.4) is 0 Å². The Morgan fingerprint density at radius 1 is 1.41 bits per heavy atom. The molecule has 5 heteroatoms. The highest BCUT2D eigenvalue weighted by Gasteiger charge is 2.23. The van der Waals surface area contributed by atoms with Crippen LogP contribution in [0.25, 0.3) is 0 Å². The van der Waals surface area contributed by atoms with E-state index >= 15 is 0 Å². The van der Waals surface area contributed by atoms with Crippen molar-refractivity contribution in [2.24, 2.45) is 5.92 Å². The highest BCUT2D eigenvalue weighted by Crippen LogP contribution is 2.20. The molecule has 0 radical (unpaired) electrons. The number of urea groups is 1. The number of amides is 2. The molecule has 0 bridgehead atoms. The summed E-state index contributed by atoms with van der Waals surface area (Å²) in [6.45, 7) is 1.74. The molecule has 0 spiro atoms. The number of carbonyl (C=O) groups is 2. The number of piperidine rings is 1. The fourth-order valence-electron chi connectivity index (χ4n) is 1.94. The summed E-state index contributed by atoms with van der Waals surface area (Å²) in [5.41, 5.74) is 0. The fraction of sp³-hybridized carbons (Fsp3) is 0.667. The van der Waals surface area contributed by atoms with Crippen LogP contribution in [0, 0.1) is 18.3 Å². The molecule has 0 aliphatic carbocycles. The number of terminal acetylenes is 1. The Morgan fingerprint density at radius 3 is 2.59 bits per heavy atom. The lowest BCUT2D eigenvalue weighted by Gasteiger charge is -2.31. The third-order valence-electron chi connectivity index (χ3n) is 2.91. The van der Waals surface area contributed by atoms with Crippen LogP contribution in [-0.2, 0) is 4.79 Å². The van der Waals surface area contributed by atoms with E-state index < -0.39 is 5.97 Å². The van der Waals surface area contributed by atoms with E-state index in [0.717, 1.165) is 12.8 Å². The second kappa shape index (κ2) is 6.79. The molecule has 0 aromatic rings. The molecule has 0 atom stereocenters. The third-order valence-corrected chi connectivity index (χ3v) is 2.91. The van der Waals surface area contributed by atoms with Gasteiger partial charge < -0.3 is 15.3 Å². The van der Waals surface area contributed by atoms with Crippen molar-refractivity contribution >= 4 is 12.0 Å². The monoisotopic (exact) mass is 238 g/mol. The van der Waals surface area contributed by atoms with Crippen molar-refractivity contribution in [1.82, 2.24) is 10.2 Å². The number of nitrogens with zero attached hydrogens (tertiary/aromatic N) is 1. The van der Waals surface area contributed by atoms with Gasteiger partial charge in [0, 0.05) is 32.5 Å².